The van der Waals surface area contributed by atoms with E-state index in [9.17, 15) is 14.4 Å². The van der Waals surface area contributed by atoms with E-state index >= 15 is 0 Å². The summed E-state index contributed by atoms with van der Waals surface area (Å²) in [7, 11) is 0. The number of carboxylic acids is 1. The summed E-state index contributed by atoms with van der Waals surface area (Å²) < 4.78 is 0. The predicted molar refractivity (Wildman–Crippen MR) is 106 cm³/mol. The fourth-order valence-electron chi connectivity index (χ4n) is 2.36. The number of aliphatic imine (C=N–C) groups is 1. The zero-order chi connectivity index (χ0) is 19.8. The van der Waals surface area contributed by atoms with Crippen LogP contribution in [0.25, 0.3) is 0 Å². The molecule has 1 unspecified atom stereocenters. The third kappa shape index (κ3) is 6.41. The largest absolute Gasteiger partial charge is 0.481 e. The lowest BCUT2D eigenvalue weighted by molar-refractivity contribution is -0.137. The average Bonchev–Trinajstić information content (AvgIpc) is 2.90. The van der Waals surface area contributed by atoms with Crippen LogP contribution in [0.5, 0.6) is 0 Å². The molecule has 1 heterocycles. The van der Waals surface area contributed by atoms with Crippen LogP contribution < -0.4 is 5.32 Å². The zero-order valence-corrected chi connectivity index (χ0v) is 16.1. The molecule has 1 aromatic rings. The van der Waals surface area contributed by atoms with Crippen molar-refractivity contribution in [2.24, 2.45) is 4.99 Å². The predicted octanol–water partition coefficient (Wildman–Crippen LogP) is 2.83. The number of amidine groups is 1. The summed E-state index contributed by atoms with van der Waals surface area (Å²) in [6.07, 6.45) is 1.94. The highest BCUT2D eigenvalue weighted by molar-refractivity contribution is 8.15. The Hall–Kier alpha value is -2.32. The molecule has 2 amide bonds. The van der Waals surface area contributed by atoms with Crippen LogP contribution in [-0.2, 0) is 14.4 Å². The monoisotopic (exact) mass is 409 g/mol. The molecule has 1 saturated heterocycles. The zero-order valence-electron chi connectivity index (χ0n) is 14.6. The summed E-state index contributed by atoms with van der Waals surface area (Å²) in [6.45, 7) is 4.22. The van der Waals surface area contributed by atoms with Gasteiger partial charge < -0.3 is 10.4 Å². The number of hydrogen-bond acceptors (Lipinski definition) is 5. The van der Waals surface area contributed by atoms with Gasteiger partial charge in [0, 0.05) is 31.0 Å². The maximum atomic E-state index is 12.6. The molecule has 0 bridgehead atoms. The molecule has 9 heteroatoms. The fourth-order valence-corrected chi connectivity index (χ4v) is 3.65. The van der Waals surface area contributed by atoms with Gasteiger partial charge in [0.25, 0.3) is 0 Å². The number of aliphatic carboxylic acids is 1. The number of benzene rings is 1. The summed E-state index contributed by atoms with van der Waals surface area (Å²) >= 11 is 7.10. The molecule has 27 heavy (non-hydrogen) atoms. The van der Waals surface area contributed by atoms with Gasteiger partial charge in [-0.3, -0.25) is 19.3 Å². The van der Waals surface area contributed by atoms with E-state index in [1.54, 1.807) is 30.3 Å². The summed E-state index contributed by atoms with van der Waals surface area (Å²) in [5.41, 5.74) is 0.655. The smallest absolute Gasteiger partial charge is 0.303 e. The highest BCUT2D eigenvalue weighted by Crippen LogP contribution is 2.31. The van der Waals surface area contributed by atoms with E-state index in [0.29, 0.717) is 28.8 Å². The Morgan fingerprint density at radius 2 is 2.07 bits per heavy atom. The van der Waals surface area contributed by atoms with Crippen molar-refractivity contribution in [3.63, 3.8) is 0 Å². The van der Waals surface area contributed by atoms with Crippen LogP contribution in [0.4, 0.5) is 5.69 Å². The Morgan fingerprint density at radius 3 is 2.70 bits per heavy atom. The van der Waals surface area contributed by atoms with Crippen molar-refractivity contribution in [3.05, 3.63) is 41.9 Å². The number of thioether (sulfide) groups is 1. The molecular weight excluding hydrogens is 390 g/mol. The van der Waals surface area contributed by atoms with E-state index in [1.807, 2.05) is 0 Å². The quantitative estimate of drug-likeness (QED) is 0.482. The first-order chi connectivity index (χ1) is 12.9. The molecule has 0 aromatic heterocycles. The van der Waals surface area contributed by atoms with Crippen LogP contribution >= 0.6 is 23.4 Å². The van der Waals surface area contributed by atoms with Gasteiger partial charge in [-0.2, -0.15) is 0 Å². The van der Waals surface area contributed by atoms with Crippen LogP contribution in [0.15, 0.2) is 41.9 Å². The Bertz CT molecular complexity index is 751. The minimum atomic E-state index is -0.908. The lowest BCUT2D eigenvalue weighted by Gasteiger charge is -2.13. The molecular formula is C18H20ClN3O4S. The van der Waals surface area contributed by atoms with Crippen molar-refractivity contribution in [2.75, 3.05) is 13.1 Å². The molecule has 7 nitrogen and oxygen atoms in total. The summed E-state index contributed by atoms with van der Waals surface area (Å²) in [6, 6.07) is 6.91. The number of amides is 2. The number of carbonyl (C=O) groups excluding carboxylic acids is 2. The third-order valence-corrected chi connectivity index (χ3v) is 5.07. The minimum absolute atomic E-state index is 0.00382. The molecule has 1 aliphatic rings. The molecule has 2 rings (SSSR count). The van der Waals surface area contributed by atoms with Gasteiger partial charge in [-0.05, 0) is 30.7 Å². The maximum absolute atomic E-state index is 12.6. The van der Waals surface area contributed by atoms with Gasteiger partial charge >= 0.3 is 5.97 Å². The Kier molecular flexibility index (Phi) is 7.87. The second kappa shape index (κ2) is 10.1. The van der Waals surface area contributed by atoms with Crippen molar-refractivity contribution in [1.82, 2.24) is 10.2 Å². The van der Waals surface area contributed by atoms with Crippen LogP contribution in [0.1, 0.15) is 19.3 Å². The van der Waals surface area contributed by atoms with Crippen LogP contribution in [0.2, 0.25) is 5.02 Å². The van der Waals surface area contributed by atoms with Gasteiger partial charge in [0.15, 0.2) is 5.17 Å². The van der Waals surface area contributed by atoms with E-state index in [1.165, 1.54) is 16.7 Å². The van der Waals surface area contributed by atoms with Crippen molar-refractivity contribution < 1.29 is 19.5 Å². The van der Waals surface area contributed by atoms with Crippen LogP contribution in [0.3, 0.4) is 0 Å². The first kappa shape index (κ1) is 21.0. The number of carbonyl (C=O) groups is 3. The van der Waals surface area contributed by atoms with Gasteiger partial charge in [0.2, 0.25) is 11.8 Å². The first-order valence-corrected chi connectivity index (χ1v) is 9.58. The molecule has 0 radical (unpaired) electrons. The van der Waals surface area contributed by atoms with Gasteiger partial charge in [-0.25, -0.2) is 4.99 Å². The third-order valence-electron chi connectivity index (χ3n) is 3.64. The Balaban J connectivity index is 2.01. The lowest BCUT2D eigenvalue weighted by atomic mass is 10.2. The van der Waals surface area contributed by atoms with Crippen molar-refractivity contribution in [3.8, 4) is 0 Å². The SMILES string of the molecule is C=CCN1C(=O)C(CC(=O)NCCCC(=O)O)SC1=Nc1ccc(Cl)cc1. The van der Waals surface area contributed by atoms with Gasteiger partial charge in [0.1, 0.15) is 5.25 Å². The van der Waals surface area contributed by atoms with Gasteiger partial charge in [-0.1, -0.05) is 29.4 Å². The second-order valence-electron chi connectivity index (χ2n) is 5.77. The number of carboxylic acid groups (broad SMARTS) is 1. The van der Waals surface area contributed by atoms with E-state index < -0.39 is 11.2 Å². The van der Waals surface area contributed by atoms with E-state index in [2.05, 4.69) is 16.9 Å². The van der Waals surface area contributed by atoms with Crippen molar-refractivity contribution >= 4 is 52.0 Å². The molecule has 2 N–H and O–H groups in total. The average molecular weight is 410 g/mol. The topological polar surface area (TPSA) is 99.1 Å². The fraction of sp³-hybridized carbons (Fsp3) is 0.333. The van der Waals surface area contributed by atoms with Crippen molar-refractivity contribution in [2.45, 2.75) is 24.5 Å². The highest BCUT2D eigenvalue weighted by atomic mass is 35.5. The molecule has 0 aliphatic carbocycles. The summed E-state index contributed by atoms with van der Waals surface area (Å²) in [5, 5.41) is 11.8. The molecule has 0 spiro atoms. The first-order valence-electron chi connectivity index (χ1n) is 8.32. The molecule has 1 fully saturated rings. The summed E-state index contributed by atoms with van der Waals surface area (Å²) in [5.74, 6) is -1.40. The molecule has 1 aromatic carbocycles. The van der Waals surface area contributed by atoms with Crippen LogP contribution in [0, 0.1) is 0 Å². The maximum Gasteiger partial charge on any atom is 0.303 e. The number of nitrogens with zero attached hydrogens (tertiary/aromatic N) is 2. The van der Waals surface area contributed by atoms with Gasteiger partial charge in [0.05, 0.1) is 5.69 Å². The standard InChI is InChI=1S/C18H20ClN3O4S/c1-2-10-22-17(26)14(11-15(23)20-9-3-4-16(24)25)27-18(22)21-13-7-5-12(19)6-8-13/h2,5-8,14H,1,3-4,9-11H2,(H,20,23)(H,24,25). The molecule has 1 aliphatic heterocycles. The second-order valence-corrected chi connectivity index (χ2v) is 7.37. The van der Waals surface area contributed by atoms with E-state index in [-0.39, 0.29) is 31.2 Å². The molecule has 0 saturated carbocycles. The lowest BCUT2D eigenvalue weighted by Crippen LogP contribution is -2.35. The van der Waals surface area contributed by atoms with Crippen molar-refractivity contribution in [1.29, 1.82) is 0 Å². The normalized spacial score (nSPS) is 18.0. The Morgan fingerprint density at radius 1 is 1.37 bits per heavy atom. The van der Waals surface area contributed by atoms with E-state index in [4.69, 9.17) is 16.7 Å². The van der Waals surface area contributed by atoms with Gasteiger partial charge in [-0.15, -0.1) is 6.58 Å². The Labute approximate surface area is 166 Å². The highest BCUT2D eigenvalue weighted by Gasteiger charge is 2.38. The molecule has 1 atom stereocenters. The molecule has 144 valence electrons. The van der Waals surface area contributed by atoms with E-state index in [0.717, 1.165) is 0 Å². The van der Waals surface area contributed by atoms with Crippen LogP contribution in [-0.4, -0.2) is 51.3 Å². The number of nitrogens with one attached hydrogen (secondary N) is 1. The minimum Gasteiger partial charge on any atom is -0.481 e. The summed E-state index contributed by atoms with van der Waals surface area (Å²) in [4.78, 5) is 41.1. The number of rotatable bonds is 9. The number of hydrogen-bond donors (Lipinski definition) is 2. The number of halogens is 1.